The molecule has 38 heavy (non-hydrogen) atoms. The zero-order valence-electron chi connectivity index (χ0n) is 22.0. The Balaban J connectivity index is 1.58. The van der Waals surface area contributed by atoms with Gasteiger partial charge in [0.25, 0.3) is 11.5 Å². The molecular weight excluding hydrogens is 481 g/mol. The number of aromatic amines is 1. The molecule has 0 aliphatic rings. The van der Waals surface area contributed by atoms with E-state index in [9.17, 15) is 14.0 Å². The van der Waals surface area contributed by atoms with Crippen LogP contribution in [0.4, 0.5) is 4.39 Å². The molecule has 0 saturated heterocycles. The highest BCUT2D eigenvalue weighted by Gasteiger charge is 2.27. The Hall–Kier alpha value is -4.33. The van der Waals surface area contributed by atoms with Crippen LogP contribution in [-0.2, 0) is 0 Å². The van der Waals surface area contributed by atoms with Gasteiger partial charge in [0.2, 0.25) is 0 Å². The number of halogens is 1. The van der Waals surface area contributed by atoms with Crippen molar-refractivity contribution in [2.75, 3.05) is 0 Å². The highest BCUT2D eigenvalue weighted by atomic mass is 19.1. The maximum Gasteiger partial charge on any atom is 0.274 e. The van der Waals surface area contributed by atoms with E-state index in [2.05, 4.69) is 20.4 Å². The molecule has 0 saturated carbocycles. The smallest absolute Gasteiger partial charge is 0.274 e. The van der Waals surface area contributed by atoms with Crippen molar-refractivity contribution in [3.8, 4) is 11.3 Å². The first kappa shape index (κ1) is 25.3. The van der Waals surface area contributed by atoms with Gasteiger partial charge in [-0.25, -0.2) is 8.91 Å². The Morgan fingerprint density at radius 2 is 1.82 bits per heavy atom. The van der Waals surface area contributed by atoms with Gasteiger partial charge in [0, 0.05) is 22.7 Å². The first-order valence-electron chi connectivity index (χ1n) is 12.7. The summed E-state index contributed by atoms with van der Waals surface area (Å²) in [6.07, 6.45) is 3.44. The van der Waals surface area contributed by atoms with E-state index in [4.69, 9.17) is 0 Å². The molecule has 2 aromatic carbocycles. The minimum atomic E-state index is -0.385. The van der Waals surface area contributed by atoms with Crippen molar-refractivity contribution in [3.05, 3.63) is 99.5 Å². The van der Waals surface area contributed by atoms with Crippen molar-refractivity contribution >= 4 is 22.3 Å². The van der Waals surface area contributed by atoms with E-state index in [-0.39, 0.29) is 40.9 Å². The number of H-pyrrole nitrogens is 1. The van der Waals surface area contributed by atoms with Gasteiger partial charge in [-0.3, -0.25) is 14.6 Å². The standard InChI is InChI=1S/C30H30FN5O2/c1-16(2)25-27(29(37)34-26(17(3)4)19-9-11-21(31)12-10-19)35-36-15-24(33-30(38)28(25)36)20-13-22-18(5)7-6-8-23(22)32-14-20/h6-17,26H,1-5H3,(H,33,38)(H,34,37). The van der Waals surface area contributed by atoms with Gasteiger partial charge in [-0.15, -0.1) is 0 Å². The quantitative estimate of drug-likeness (QED) is 0.295. The van der Waals surface area contributed by atoms with Gasteiger partial charge in [-0.05, 0) is 54.2 Å². The lowest BCUT2D eigenvalue weighted by Gasteiger charge is -2.23. The number of hydrogen-bond acceptors (Lipinski definition) is 4. The number of pyridine rings is 1. The lowest BCUT2D eigenvalue weighted by molar-refractivity contribution is 0.0919. The first-order chi connectivity index (χ1) is 18.1. The average Bonchev–Trinajstić information content (AvgIpc) is 3.28. The molecule has 0 bridgehead atoms. The number of aromatic nitrogens is 4. The van der Waals surface area contributed by atoms with Crippen LogP contribution >= 0.6 is 0 Å². The molecule has 0 spiro atoms. The lowest BCUT2D eigenvalue weighted by atomic mass is 9.95. The molecule has 8 heteroatoms. The summed E-state index contributed by atoms with van der Waals surface area (Å²) in [4.78, 5) is 34.4. The number of aryl methyl sites for hydroxylation is 1. The molecule has 1 unspecified atom stereocenters. The number of hydrogen-bond donors (Lipinski definition) is 2. The zero-order chi connectivity index (χ0) is 27.1. The van der Waals surface area contributed by atoms with Crippen molar-refractivity contribution in [2.45, 2.75) is 46.6 Å². The molecule has 5 rings (SSSR count). The molecule has 0 aliphatic heterocycles. The predicted molar refractivity (Wildman–Crippen MR) is 147 cm³/mol. The van der Waals surface area contributed by atoms with Gasteiger partial charge >= 0.3 is 0 Å². The van der Waals surface area contributed by atoms with Gasteiger partial charge in [-0.1, -0.05) is 52.0 Å². The fourth-order valence-corrected chi connectivity index (χ4v) is 4.92. The third-order valence-electron chi connectivity index (χ3n) is 6.89. The van der Waals surface area contributed by atoms with Crippen LogP contribution in [0.25, 0.3) is 27.7 Å². The van der Waals surface area contributed by atoms with Crippen molar-refractivity contribution in [3.63, 3.8) is 0 Å². The Labute approximate surface area is 219 Å². The molecule has 3 heterocycles. The topological polar surface area (TPSA) is 92.2 Å². The summed E-state index contributed by atoms with van der Waals surface area (Å²) in [6.45, 7) is 9.84. The summed E-state index contributed by atoms with van der Waals surface area (Å²) in [5.74, 6) is -0.808. The molecular formula is C30H30FN5O2. The van der Waals surface area contributed by atoms with Crippen LogP contribution in [0.5, 0.6) is 0 Å². The summed E-state index contributed by atoms with van der Waals surface area (Å²) in [6, 6.07) is 13.7. The lowest BCUT2D eigenvalue weighted by Crippen LogP contribution is -2.32. The minimum absolute atomic E-state index is 0.0443. The highest BCUT2D eigenvalue weighted by Crippen LogP contribution is 2.28. The van der Waals surface area contributed by atoms with E-state index in [0.717, 1.165) is 27.6 Å². The van der Waals surface area contributed by atoms with Crippen LogP contribution in [0, 0.1) is 18.7 Å². The molecule has 2 N–H and O–H groups in total. The fourth-order valence-electron chi connectivity index (χ4n) is 4.92. The van der Waals surface area contributed by atoms with E-state index >= 15 is 0 Å². The largest absolute Gasteiger partial charge is 0.344 e. The highest BCUT2D eigenvalue weighted by molar-refractivity contribution is 5.96. The van der Waals surface area contributed by atoms with Gasteiger partial charge in [0.1, 0.15) is 11.3 Å². The maximum absolute atomic E-state index is 13.6. The second kappa shape index (κ2) is 9.85. The van der Waals surface area contributed by atoms with Crippen molar-refractivity contribution < 1.29 is 9.18 Å². The average molecular weight is 512 g/mol. The molecule has 1 atom stereocenters. The van der Waals surface area contributed by atoms with Crippen LogP contribution in [0.15, 0.2) is 65.7 Å². The summed E-state index contributed by atoms with van der Waals surface area (Å²) in [5, 5.41) is 8.64. The second-order valence-electron chi connectivity index (χ2n) is 10.3. The van der Waals surface area contributed by atoms with Crippen LogP contribution in [-0.4, -0.2) is 25.5 Å². The molecule has 0 radical (unpaired) electrons. The molecule has 0 fully saturated rings. The monoisotopic (exact) mass is 511 g/mol. The van der Waals surface area contributed by atoms with Crippen LogP contribution < -0.4 is 10.9 Å². The Bertz CT molecular complexity index is 1720. The number of amides is 1. The van der Waals surface area contributed by atoms with Gasteiger partial charge in [0.05, 0.1) is 23.4 Å². The van der Waals surface area contributed by atoms with E-state index < -0.39 is 0 Å². The Kier molecular flexibility index (Phi) is 6.57. The zero-order valence-corrected chi connectivity index (χ0v) is 22.0. The first-order valence-corrected chi connectivity index (χ1v) is 12.7. The predicted octanol–water partition coefficient (Wildman–Crippen LogP) is 5.94. The van der Waals surface area contributed by atoms with E-state index in [1.165, 1.54) is 16.6 Å². The molecule has 1 amide bonds. The normalized spacial score (nSPS) is 12.5. The maximum atomic E-state index is 13.6. The van der Waals surface area contributed by atoms with Crippen molar-refractivity contribution in [1.82, 2.24) is 24.9 Å². The van der Waals surface area contributed by atoms with E-state index in [1.807, 2.05) is 58.9 Å². The summed E-state index contributed by atoms with van der Waals surface area (Å²) in [5.41, 5.74) is 4.82. The van der Waals surface area contributed by atoms with Crippen LogP contribution in [0.2, 0.25) is 0 Å². The third-order valence-corrected chi connectivity index (χ3v) is 6.89. The molecule has 7 nitrogen and oxygen atoms in total. The van der Waals surface area contributed by atoms with E-state index in [1.54, 1.807) is 24.5 Å². The van der Waals surface area contributed by atoms with Gasteiger partial charge in [0.15, 0.2) is 5.69 Å². The summed E-state index contributed by atoms with van der Waals surface area (Å²) >= 11 is 0. The minimum Gasteiger partial charge on any atom is -0.344 e. The van der Waals surface area contributed by atoms with Crippen molar-refractivity contribution in [1.29, 1.82) is 0 Å². The van der Waals surface area contributed by atoms with Gasteiger partial charge in [-0.2, -0.15) is 5.10 Å². The third kappa shape index (κ3) is 4.58. The molecule has 3 aromatic heterocycles. The van der Waals surface area contributed by atoms with Crippen LogP contribution in [0.3, 0.4) is 0 Å². The number of fused-ring (bicyclic) bond motifs is 2. The molecule has 194 valence electrons. The number of carbonyl (C=O) groups excluding carboxylic acids is 1. The molecule has 5 aromatic rings. The number of nitrogens with one attached hydrogen (secondary N) is 2. The SMILES string of the molecule is Cc1cccc2ncc(-c3cn4nc(C(=O)NC(c5ccc(F)cc5)C(C)C)c(C(C)C)c4c(=O)[nH]3)cc12. The Morgan fingerprint density at radius 3 is 2.50 bits per heavy atom. The number of carbonyl (C=O) groups is 1. The summed E-state index contributed by atoms with van der Waals surface area (Å²) < 4.78 is 15.0. The fraction of sp³-hybridized carbons (Fsp3) is 0.267. The Morgan fingerprint density at radius 1 is 1.08 bits per heavy atom. The van der Waals surface area contributed by atoms with E-state index in [0.29, 0.717) is 16.8 Å². The number of rotatable bonds is 6. The molecule has 0 aliphatic carbocycles. The number of nitrogens with zero attached hydrogens (tertiary/aromatic N) is 3. The van der Waals surface area contributed by atoms with Gasteiger partial charge < -0.3 is 10.3 Å². The number of benzene rings is 2. The van der Waals surface area contributed by atoms with Crippen LogP contribution in [0.1, 0.15) is 66.8 Å². The van der Waals surface area contributed by atoms with Crippen molar-refractivity contribution in [2.24, 2.45) is 5.92 Å². The summed E-state index contributed by atoms with van der Waals surface area (Å²) in [7, 11) is 0. The second-order valence-corrected chi connectivity index (χ2v) is 10.3.